The Morgan fingerprint density at radius 2 is 2.00 bits per heavy atom. The molecule has 1 aromatic rings. The van der Waals surface area contributed by atoms with Crippen LogP contribution < -0.4 is 0 Å². The Balaban J connectivity index is 2.28. The van der Waals surface area contributed by atoms with Gasteiger partial charge in [-0.05, 0) is 13.3 Å². The first-order valence-electron chi connectivity index (χ1n) is 7.03. The molecular weight excluding hydrogens is 276 g/mol. The molecule has 0 atom stereocenters. The van der Waals surface area contributed by atoms with Gasteiger partial charge in [-0.15, -0.1) is 0 Å². The van der Waals surface area contributed by atoms with Gasteiger partial charge in [0.25, 0.3) is 0 Å². The zero-order chi connectivity index (χ0) is 15.5. The average molecular weight is 300 g/mol. The molecule has 0 aliphatic heterocycles. The molecule has 0 spiro atoms. The lowest BCUT2D eigenvalue weighted by molar-refractivity contribution is 0.0453. The Morgan fingerprint density at radius 3 is 2.71 bits per heavy atom. The van der Waals surface area contributed by atoms with Crippen molar-refractivity contribution in [2.45, 2.75) is 20.0 Å². The molecule has 21 heavy (non-hydrogen) atoms. The third-order valence-corrected chi connectivity index (χ3v) is 2.80. The minimum absolute atomic E-state index is 0.322. The van der Waals surface area contributed by atoms with Crippen molar-refractivity contribution in [3.05, 3.63) is 17.5 Å². The van der Waals surface area contributed by atoms with E-state index in [4.69, 9.17) is 18.9 Å². The van der Waals surface area contributed by atoms with Crippen molar-refractivity contribution < 1.29 is 23.7 Å². The van der Waals surface area contributed by atoms with E-state index >= 15 is 0 Å². The van der Waals surface area contributed by atoms with Gasteiger partial charge in [0.15, 0.2) is 0 Å². The van der Waals surface area contributed by atoms with Crippen LogP contribution in [0.2, 0.25) is 0 Å². The summed E-state index contributed by atoms with van der Waals surface area (Å²) in [5.74, 6) is -0.368. The molecule has 0 aromatic carbocycles. The van der Waals surface area contributed by atoms with Gasteiger partial charge in [-0.1, -0.05) is 0 Å². The first-order chi connectivity index (χ1) is 10.2. The molecule has 1 heterocycles. The molecule has 0 radical (unpaired) electrons. The maximum atomic E-state index is 11.8. The number of rotatable bonds is 11. The molecule has 7 heteroatoms. The number of aromatic nitrogens is 2. The molecule has 0 saturated carbocycles. The Morgan fingerprint density at radius 1 is 1.24 bits per heavy atom. The predicted octanol–water partition coefficient (Wildman–Crippen LogP) is 1.17. The summed E-state index contributed by atoms with van der Waals surface area (Å²) in [5.41, 5.74) is 1.17. The van der Waals surface area contributed by atoms with E-state index in [9.17, 15) is 4.79 Å². The molecule has 1 aromatic heterocycles. The summed E-state index contributed by atoms with van der Waals surface area (Å²) in [7, 11) is 3.41. The number of aryl methyl sites for hydroxylation is 1. The lowest BCUT2D eigenvalue weighted by Gasteiger charge is -2.08. The Labute approximate surface area is 125 Å². The third-order valence-electron chi connectivity index (χ3n) is 2.80. The molecule has 0 bridgehead atoms. The van der Waals surface area contributed by atoms with Gasteiger partial charge in [0.2, 0.25) is 0 Å². The molecule has 7 nitrogen and oxygen atoms in total. The van der Waals surface area contributed by atoms with E-state index in [0.29, 0.717) is 50.9 Å². The van der Waals surface area contributed by atoms with Crippen LogP contribution in [-0.4, -0.2) is 55.9 Å². The summed E-state index contributed by atoms with van der Waals surface area (Å²) >= 11 is 0. The number of hydrogen-bond donors (Lipinski definition) is 0. The van der Waals surface area contributed by atoms with Crippen LogP contribution in [0.3, 0.4) is 0 Å². The van der Waals surface area contributed by atoms with E-state index < -0.39 is 0 Å². The molecule has 0 aliphatic carbocycles. The second-order valence-electron chi connectivity index (χ2n) is 4.36. The highest BCUT2D eigenvalue weighted by atomic mass is 16.5. The van der Waals surface area contributed by atoms with Gasteiger partial charge in [0, 0.05) is 27.4 Å². The van der Waals surface area contributed by atoms with Crippen LogP contribution in [0.15, 0.2) is 6.20 Å². The molecule has 0 fully saturated rings. The first-order valence-corrected chi connectivity index (χ1v) is 7.03. The molecule has 0 amide bonds. The summed E-state index contributed by atoms with van der Waals surface area (Å²) < 4.78 is 22.4. The summed E-state index contributed by atoms with van der Waals surface area (Å²) in [6, 6.07) is 0. The van der Waals surface area contributed by atoms with E-state index in [-0.39, 0.29) is 5.97 Å². The van der Waals surface area contributed by atoms with E-state index in [1.54, 1.807) is 25.8 Å². The van der Waals surface area contributed by atoms with Gasteiger partial charge in [-0.25, -0.2) is 4.79 Å². The predicted molar refractivity (Wildman–Crippen MR) is 76.1 cm³/mol. The lowest BCUT2D eigenvalue weighted by atomic mass is 10.2. The van der Waals surface area contributed by atoms with Crippen LogP contribution in [0, 0.1) is 0 Å². The van der Waals surface area contributed by atoms with Crippen molar-refractivity contribution in [2.24, 2.45) is 7.05 Å². The number of esters is 1. The highest BCUT2D eigenvalue weighted by Crippen LogP contribution is 2.11. The normalized spacial score (nSPS) is 10.8. The second kappa shape index (κ2) is 10.3. The molecule has 0 N–H and O–H groups in total. The zero-order valence-electron chi connectivity index (χ0n) is 13.0. The lowest BCUT2D eigenvalue weighted by Crippen LogP contribution is -2.11. The molecular formula is C14H24N2O5. The topological polar surface area (TPSA) is 71.8 Å². The van der Waals surface area contributed by atoms with Crippen LogP contribution in [0.4, 0.5) is 0 Å². The minimum Gasteiger partial charge on any atom is -0.462 e. The van der Waals surface area contributed by atoms with Gasteiger partial charge in [0.1, 0.15) is 5.56 Å². The number of ether oxygens (including phenoxy) is 4. The fourth-order valence-corrected chi connectivity index (χ4v) is 1.69. The maximum absolute atomic E-state index is 11.8. The van der Waals surface area contributed by atoms with Crippen molar-refractivity contribution in [3.63, 3.8) is 0 Å². The number of carbonyl (C=O) groups excluding carboxylic acids is 1. The van der Waals surface area contributed by atoms with Crippen LogP contribution >= 0.6 is 0 Å². The molecule has 120 valence electrons. The van der Waals surface area contributed by atoms with E-state index in [1.807, 2.05) is 0 Å². The van der Waals surface area contributed by atoms with E-state index in [1.165, 1.54) is 6.20 Å². The zero-order valence-corrected chi connectivity index (χ0v) is 13.0. The Kier molecular flexibility index (Phi) is 8.65. The summed E-state index contributed by atoms with van der Waals surface area (Å²) in [6.07, 6.45) is 2.29. The van der Waals surface area contributed by atoms with E-state index in [0.717, 1.165) is 6.42 Å². The maximum Gasteiger partial charge on any atom is 0.341 e. The van der Waals surface area contributed by atoms with E-state index in [2.05, 4.69) is 5.10 Å². The van der Waals surface area contributed by atoms with Crippen LogP contribution in [0.5, 0.6) is 0 Å². The summed E-state index contributed by atoms with van der Waals surface area (Å²) in [5, 5.41) is 4.07. The monoisotopic (exact) mass is 300 g/mol. The minimum atomic E-state index is -0.368. The molecule has 0 saturated heterocycles. The van der Waals surface area contributed by atoms with Crippen LogP contribution in [-0.2, 0) is 32.6 Å². The first kappa shape index (κ1) is 17.6. The van der Waals surface area contributed by atoms with Crippen molar-refractivity contribution >= 4 is 5.97 Å². The Bertz CT molecular complexity index is 419. The van der Waals surface area contributed by atoms with Crippen molar-refractivity contribution in [1.29, 1.82) is 0 Å². The SMILES string of the molecule is CCOC(=O)c1cnn(C)c1COCCCOCCOC. The van der Waals surface area contributed by atoms with Crippen LogP contribution in [0.25, 0.3) is 0 Å². The average Bonchev–Trinajstić information content (AvgIpc) is 2.83. The summed E-state index contributed by atoms with van der Waals surface area (Å²) in [6.45, 7) is 4.80. The molecule has 1 rings (SSSR count). The summed E-state index contributed by atoms with van der Waals surface area (Å²) in [4.78, 5) is 11.8. The number of hydrogen-bond acceptors (Lipinski definition) is 6. The number of nitrogens with zero attached hydrogens (tertiary/aromatic N) is 2. The number of carbonyl (C=O) groups is 1. The highest BCUT2D eigenvalue weighted by molar-refractivity contribution is 5.90. The van der Waals surface area contributed by atoms with Gasteiger partial charge >= 0.3 is 5.97 Å². The largest absolute Gasteiger partial charge is 0.462 e. The standard InChI is InChI=1S/C14H24N2O5/c1-4-21-14(17)12-10-15-16(2)13(12)11-20-7-5-6-19-9-8-18-3/h10H,4-9,11H2,1-3H3. The van der Waals surface area contributed by atoms with Crippen molar-refractivity contribution in [3.8, 4) is 0 Å². The van der Waals surface area contributed by atoms with Gasteiger partial charge < -0.3 is 18.9 Å². The second-order valence-corrected chi connectivity index (χ2v) is 4.36. The van der Waals surface area contributed by atoms with Gasteiger partial charge in [-0.3, -0.25) is 4.68 Å². The molecule has 0 aliphatic rings. The molecule has 0 unspecified atom stereocenters. The number of methoxy groups -OCH3 is 1. The quantitative estimate of drug-likeness (QED) is 0.451. The fourth-order valence-electron chi connectivity index (χ4n) is 1.69. The smallest absolute Gasteiger partial charge is 0.341 e. The van der Waals surface area contributed by atoms with Gasteiger partial charge in [0.05, 0.1) is 38.3 Å². The fraction of sp³-hybridized carbons (Fsp3) is 0.714. The van der Waals surface area contributed by atoms with Gasteiger partial charge in [-0.2, -0.15) is 5.10 Å². The van der Waals surface area contributed by atoms with Crippen molar-refractivity contribution in [1.82, 2.24) is 9.78 Å². The highest BCUT2D eigenvalue weighted by Gasteiger charge is 2.16. The third kappa shape index (κ3) is 6.24. The van der Waals surface area contributed by atoms with Crippen LogP contribution in [0.1, 0.15) is 29.4 Å². The van der Waals surface area contributed by atoms with Crippen molar-refractivity contribution in [2.75, 3.05) is 40.1 Å². The Hall–Kier alpha value is -1.44.